The number of likely N-dealkylation sites (tertiary alicyclic amines) is 1. The van der Waals surface area contributed by atoms with Crippen molar-refractivity contribution in [1.29, 1.82) is 0 Å². The number of urea groups is 1. The van der Waals surface area contributed by atoms with Crippen LogP contribution in [0.2, 0.25) is 0 Å². The maximum atomic E-state index is 12.2. The molecule has 0 aliphatic carbocycles. The molecular weight excluding hydrogens is 258 g/mol. The number of hydrogen-bond acceptors (Lipinski definition) is 3. The highest BCUT2D eigenvalue weighted by molar-refractivity contribution is 5.81. The van der Waals surface area contributed by atoms with Gasteiger partial charge in [-0.3, -0.25) is 4.79 Å². The lowest BCUT2D eigenvalue weighted by molar-refractivity contribution is -0.127. The molecule has 0 aromatic heterocycles. The van der Waals surface area contributed by atoms with E-state index in [4.69, 9.17) is 0 Å². The Morgan fingerprint density at radius 2 is 2.05 bits per heavy atom. The predicted molar refractivity (Wildman–Crippen MR) is 77.2 cm³/mol. The maximum Gasteiger partial charge on any atom is 0.319 e. The highest BCUT2D eigenvalue weighted by Crippen LogP contribution is 2.18. The standard InChI is InChI=1S/C14H27N3O3/c1-10(2)12(9-18)15-13(19)11-6-5-7-17(8-11)14(20)16(3)4/h10-12,18H,5-9H2,1-4H3,(H,15,19). The third-order valence-corrected chi connectivity index (χ3v) is 3.77. The summed E-state index contributed by atoms with van der Waals surface area (Å²) in [4.78, 5) is 27.4. The van der Waals surface area contributed by atoms with Crippen LogP contribution in [0.1, 0.15) is 26.7 Å². The molecule has 6 nitrogen and oxygen atoms in total. The summed E-state index contributed by atoms with van der Waals surface area (Å²) >= 11 is 0. The zero-order valence-electron chi connectivity index (χ0n) is 12.9. The second-order valence-corrected chi connectivity index (χ2v) is 6.00. The topological polar surface area (TPSA) is 72.9 Å². The molecule has 3 amide bonds. The normalized spacial score (nSPS) is 20.7. The summed E-state index contributed by atoms with van der Waals surface area (Å²) < 4.78 is 0. The van der Waals surface area contributed by atoms with Gasteiger partial charge >= 0.3 is 6.03 Å². The lowest BCUT2D eigenvalue weighted by Crippen LogP contribution is -2.51. The van der Waals surface area contributed by atoms with E-state index in [1.165, 1.54) is 4.90 Å². The van der Waals surface area contributed by atoms with Crippen LogP contribution >= 0.6 is 0 Å². The second kappa shape index (κ2) is 7.47. The summed E-state index contributed by atoms with van der Waals surface area (Å²) in [6.45, 7) is 5.03. The van der Waals surface area contributed by atoms with E-state index in [0.29, 0.717) is 13.1 Å². The Hall–Kier alpha value is -1.30. The number of carbonyl (C=O) groups excluding carboxylic acids is 2. The van der Waals surface area contributed by atoms with Gasteiger partial charge in [-0.2, -0.15) is 0 Å². The summed E-state index contributed by atoms with van der Waals surface area (Å²) in [5.41, 5.74) is 0. The predicted octanol–water partition coefficient (Wildman–Crippen LogP) is 0.513. The Kier molecular flexibility index (Phi) is 6.26. The summed E-state index contributed by atoms with van der Waals surface area (Å²) in [5, 5.41) is 12.2. The van der Waals surface area contributed by atoms with Gasteiger partial charge in [0.1, 0.15) is 0 Å². The van der Waals surface area contributed by atoms with Gasteiger partial charge in [-0.15, -0.1) is 0 Å². The van der Waals surface area contributed by atoms with Crippen LogP contribution in [0.15, 0.2) is 0 Å². The average molecular weight is 285 g/mol. The van der Waals surface area contributed by atoms with Crippen LogP contribution in [0.5, 0.6) is 0 Å². The fourth-order valence-electron chi connectivity index (χ4n) is 2.37. The van der Waals surface area contributed by atoms with Gasteiger partial charge < -0.3 is 20.2 Å². The summed E-state index contributed by atoms with van der Waals surface area (Å²) in [5.74, 6) is -0.0542. The molecule has 0 aromatic carbocycles. The van der Waals surface area contributed by atoms with E-state index in [1.54, 1.807) is 19.0 Å². The minimum absolute atomic E-state index is 0.0509. The van der Waals surface area contributed by atoms with Crippen LogP contribution in [0.25, 0.3) is 0 Å². The van der Waals surface area contributed by atoms with Gasteiger partial charge in [0.15, 0.2) is 0 Å². The summed E-state index contributed by atoms with van der Waals surface area (Å²) in [6, 6.07) is -0.271. The fourth-order valence-corrected chi connectivity index (χ4v) is 2.37. The molecule has 0 saturated carbocycles. The van der Waals surface area contributed by atoms with Gasteiger partial charge in [-0.1, -0.05) is 13.8 Å². The van der Waals surface area contributed by atoms with E-state index in [9.17, 15) is 14.7 Å². The summed E-state index contributed by atoms with van der Waals surface area (Å²) in [6.07, 6.45) is 1.63. The molecule has 1 aliphatic rings. The first kappa shape index (κ1) is 16.8. The lowest BCUT2D eigenvalue weighted by Gasteiger charge is -2.34. The largest absolute Gasteiger partial charge is 0.394 e. The van der Waals surface area contributed by atoms with Crippen molar-refractivity contribution in [2.75, 3.05) is 33.8 Å². The van der Waals surface area contributed by atoms with E-state index >= 15 is 0 Å². The van der Waals surface area contributed by atoms with Crippen molar-refractivity contribution in [3.8, 4) is 0 Å². The highest BCUT2D eigenvalue weighted by Gasteiger charge is 2.30. The van der Waals surface area contributed by atoms with Gasteiger partial charge in [0.25, 0.3) is 0 Å². The number of hydrogen-bond donors (Lipinski definition) is 2. The van der Waals surface area contributed by atoms with Gasteiger partial charge in [0.05, 0.1) is 18.6 Å². The van der Waals surface area contributed by atoms with Crippen LogP contribution in [0, 0.1) is 11.8 Å². The third kappa shape index (κ3) is 4.37. The van der Waals surface area contributed by atoms with Crippen LogP contribution in [0.4, 0.5) is 4.79 Å². The third-order valence-electron chi connectivity index (χ3n) is 3.77. The maximum absolute atomic E-state index is 12.2. The van der Waals surface area contributed by atoms with Gasteiger partial charge in [-0.25, -0.2) is 4.79 Å². The highest BCUT2D eigenvalue weighted by atomic mass is 16.3. The molecule has 2 unspecified atom stereocenters. The molecule has 2 atom stereocenters. The van der Waals surface area contributed by atoms with Crippen molar-refractivity contribution < 1.29 is 14.7 Å². The quantitative estimate of drug-likeness (QED) is 0.790. The van der Waals surface area contributed by atoms with Gasteiger partial charge in [0, 0.05) is 27.2 Å². The monoisotopic (exact) mass is 285 g/mol. The summed E-state index contributed by atoms with van der Waals surface area (Å²) in [7, 11) is 3.43. The van der Waals surface area contributed by atoms with Crippen LogP contribution in [-0.2, 0) is 4.79 Å². The zero-order valence-corrected chi connectivity index (χ0v) is 12.9. The van der Waals surface area contributed by atoms with E-state index in [0.717, 1.165) is 12.8 Å². The Labute approximate surface area is 121 Å². The molecule has 1 aliphatic heterocycles. The van der Waals surface area contributed by atoms with Crippen molar-refractivity contribution in [3.63, 3.8) is 0 Å². The average Bonchev–Trinajstić information content (AvgIpc) is 2.43. The minimum atomic E-state index is -0.220. The molecule has 1 saturated heterocycles. The van der Waals surface area contributed by atoms with Gasteiger partial charge in [0.2, 0.25) is 5.91 Å². The molecule has 0 radical (unpaired) electrons. The number of nitrogens with zero attached hydrogens (tertiary/aromatic N) is 2. The molecule has 6 heteroatoms. The Morgan fingerprint density at radius 3 is 2.55 bits per heavy atom. The molecule has 116 valence electrons. The van der Waals surface area contributed by atoms with Crippen molar-refractivity contribution >= 4 is 11.9 Å². The fraction of sp³-hybridized carbons (Fsp3) is 0.857. The number of aliphatic hydroxyl groups excluding tert-OH is 1. The molecule has 2 N–H and O–H groups in total. The zero-order chi connectivity index (χ0) is 15.3. The molecule has 0 aromatic rings. The number of aliphatic hydroxyl groups is 1. The van der Waals surface area contributed by atoms with E-state index in [-0.39, 0.29) is 36.4 Å². The SMILES string of the molecule is CC(C)C(CO)NC(=O)C1CCCN(C(=O)N(C)C)C1. The van der Waals surface area contributed by atoms with Crippen molar-refractivity contribution in [1.82, 2.24) is 15.1 Å². The molecular formula is C14H27N3O3. The Morgan fingerprint density at radius 1 is 1.40 bits per heavy atom. The smallest absolute Gasteiger partial charge is 0.319 e. The molecule has 20 heavy (non-hydrogen) atoms. The van der Waals surface area contributed by atoms with Crippen LogP contribution in [-0.4, -0.2) is 66.7 Å². The second-order valence-electron chi connectivity index (χ2n) is 6.00. The molecule has 1 heterocycles. The van der Waals surface area contributed by atoms with Crippen LogP contribution < -0.4 is 5.32 Å². The number of rotatable bonds is 4. The Balaban J connectivity index is 2.58. The molecule has 0 spiro atoms. The molecule has 0 bridgehead atoms. The number of nitrogens with one attached hydrogen (secondary N) is 1. The van der Waals surface area contributed by atoms with Crippen molar-refractivity contribution in [3.05, 3.63) is 0 Å². The Bertz CT molecular complexity index is 345. The lowest BCUT2D eigenvalue weighted by atomic mass is 9.96. The van der Waals surface area contributed by atoms with E-state index < -0.39 is 0 Å². The first-order chi connectivity index (χ1) is 9.36. The minimum Gasteiger partial charge on any atom is -0.394 e. The molecule has 1 fully saturated rings. The van der Waals surface area contributed by atoms with E-state index in [2.05, 4.69) is 5.32 Å². The first-order valence-electron chi connectivity index (χ1n) is 7.24. The number of amides is 3. The van der Waals surface area contributed by atoms with Crippen LogP contribution in [0.3, 0.4) is 0 Å². The van der Waals surface area contributed by atoms with E-state index in [1.807, 2.05) is 13.8 Å². The van der Waals surface area contributed by atoms with Crippen molar-refractivity contribution in [2.45, 2.75) is 32.7 Å². The number of piperidine rings is 1. The molecule has 1 rings (SSSR count). The van der Waals surface area contributed by atoms with Crippen molar-refractivity contribution in [2.24, 2.45) is 11.8 Å². The number of carbonyl (C=O) groups is 2. The first-order valence-corrected chi connectivity index (χ1v) is 7.24. The van der Waals surface area contributed by atoms with Gasteiger partial charge in [-0.05, 0) is 18.8 Å².